The van der Waals surface area contributed by atoms with Crippen molar-refractivity contribution in [2.75, 3.05) is 7.11 Å². The summed E-state index contributed by atoms with van der Waals surface area (Å²) in [6.45, 7) is 0. The summed E-state index contributed by atoms with van der Waals surface area (Å²) in [5.41, 5.74) is 1.24. The second kappa shape index (κ2) is 3.62. The predicted octanol–water partition coefficient (Wildman–Crippen LogP) is 2.59. The standard InChI is InChI=1S/C8H9BrO/c1-10-8-4-2-3-7(5-8)6-9/h2-5H,6H2,1H3/i1+1. The molecule has 0 radical (unpaired) electrons. The molecule has 0 heterocycles. The van der Waals surface area contributed by atoms with Crippen LogP contribution in [0.25, 0.3) is 0 Å². The molecule has 0 aromatic heterocycles. The Bertz CT molecular complexity index is 191. The lowest BCUT2D eigenvalue weighted by molar-refractivity contribution is 0.414. The van der Waals surface area contributed by atoms with Gasteiger partial charge in [0.25, 0.3) is 0 Å². The Kier molecular flexibility index (Phi) is 2.75. The number of rotatable bonds is 2. The first-order valence-electron chi connectivity index (χ1n) is 3.05. The number of hydrogen-bond acceptors (Lipinski definition) is 1. The molecule has 0 fully saturated rings. The van der Waals surface area contributed by atoms with E-state index in [1.54, 1.807) is 7.11 Å². The molecule has 0 N–H and O–H groups in total. The van der Waals surface area contributed by atoms with Crippen LogP contribution in [-0.4, -0.2) is 7.11 Å². The van der Waals surface area contributed by atoms with Crippen LogP contribution in [-0.2, 0) is 5.33 Å². The Morgan fingerprint density at radius 3 is 2.90 bits per heavy atom. The fraction of sp³-hybridized carbons (Fsp3) is 0.250. The maximum atomic E-state index is 5.04. The number of benzene rings is 1. The van der Waals surface area contributed by atoms with E-state index >= 15 is 0 Å². The third kappa shape index (κ3) is 1.74. The van der Waals surface area contributed by atoms with Gasteiger partial charge in [0.05, 0.1) is 7.11 Å². The molecule has 54 valence electrons. The Balaban J connectivity index is 2.87. The third-order valence-electron chi connectivity index (χ3n) is 1.29. The van der Waals surface area contributed by atoms with E-state index in [1.807, 2.05) is 18.2 Å². The quantitative estimate of drug-likeness (QED) is 0.529. The summed E-state index contributed by atoms with van der Waals surface area (Å²) in [4.78, 5) is 0. The maximum Gasteiger partial charge on any atom is 0.119 e. The molecule has 0 saturated heterocycles. The molecule has 2 heteroatoms. The fourth-order valence-electron chi connectivity index (χ4n) is 0.756. The minimum atomic E-state index is 0.879. The van der Waals surface area contributed by atoms with E-state index in [0.717, 1.165) is 11.1 Å². The van der Waals surface area contributed by atoms with Gasteiger partial charge in [-0.15, -0.1) is 0 Å². The summed E-state index contributed by atoms with van der Waals surface area (Å²) < 4.78 is 5.04. The number of halogens is 1. The largest absolute Gasteiger partial charge is 0.497 e. The lowest BCUT2D eigenvalue weighted by atomic mass is 10.2. The Morgan fingerprint density at radius 1 is 1.50 bits per heavy atom. The van der Waals surface area contributed by atoms with Gasteiger partial charge in [-0.1, -0.05) is 28.1 Å². The minimum Gasteiger partial charge on any atom is -0.497 e. The Hall–Kier alpha value is -0.500. The summed E-state index contributed by atoms with van der Waals surface area (Å²) in [7, 11) is 1.67. The van der Waals surface area contributed by atoms with E-state index in [-0.39, 0.29) is 0 Å². The van der Waals surface area contributed by atoms with Gasteiger partial charge in [0.2, 0.25) is 0 Å². The normalized spacial score (nSPS) is 9.40. The molecule has 0 unspecified atom stereocenters. The molecule has 0 saturated carbocycles. The SMILES string of the molecule is [13CH3]Oc1cccc(CBr)c1. The Morgan fingerprint density at radius 2 is 2.30 bits per heavy atom. The summed E-state index contributed by atoms with van der Waals surface area (Å²) in [5, 5.41) is 0.879. The van der Waals surface area contributed by atoms with Gasteiger partial charge in [-0.2, -0.15) is 0 Å². The third-order valence-corrected chi connectivity index (χ3v) is 1.94. The van der Waals surface area contributed by atoms with Crippen molar-refractivity contribution >= 4 is 15.9 Å². The maximum absolute atomic E-state index is 5.04. The second-order valence-electron chi connectivity index (χ2n) is 1.99. The number of hydrogen-bond donors (Lipinski definition) is 0. The van der Waals surface area contributed by atoms with E-state index in [4.69, 9.17) is 4.74 Å². The van der Waals surface area contributed by atoms with Crippen molar-refractivity contribution in [3.8, 4) is 5.75 Å². The van der Waals surface area contributed by atoms with Crippen LogP contribution in [0.1, 0.15) is 5.56 Å². The predicted molar refractivity (Wildman–Crippen MR) is 45.6 cm³/mol. The highest BCUT2D eigenvalue weighted by Gasteiger charge is 1.91. The van der Waals surface area contributed by atoms with E-state index in [2.05, 4.69) is 22.0 Å². The van der Waals surface area contributed by atoms with Gasteiger partial charge in [0.1, 0.15) is 5.75 Å². The lowest BCUT2D eigenvalue weighted by Gasteiger charge is -1.99. The van der Waals surface area contributed by atoms with Crippen molar-refractivity contribution in [1.29, 1.82) is 0 Å². The van der Waals surface area contributed by atoms with Gasteiger partial charge >= 0.3 is 0 Å². The van der Waals surface area contributed by atoms with E-state index < -0.39 is 0 Å². The van der Waals surface area contributed by atoms with Gasteiger partial charge < -0.3 is 4.74 Å². The van der Waals surface area contributed by atoms with Crippen molar-refractivity contribution in [3.05, 3.63) is 29.8 Å². The number of ether oxygens (including phenoxy) is 1. The molecule has 0 aliphatic heterocycles. The molecule has 0 aliphatic carbocycles. The molecular weight excluding hydrogens is 193 g/mol. The lowest BCUT2D eigenvalue weighted by Crippen LogP contribution is -1.83. The highest BCUT2D eigenvalue weighted by molar-refractivity contribution is 9.08. The molecule has 0 amide bonds. The first-order valence-corrected chi connectivity index (χ1v) is 4.18. The van der Waals surface area contributed by atoms with Crippen molar-refractivity contribution in [3.63, 3.8) is 0 Å². The van der Waals surface area contributed by atoms with Crippen LogP contribution >= 0.6 is 15.9 Å². The van der Waals surface area contributed by atoms with E-state index in [0.29, 0.717) is 0 Å². The first kappa shape index (κ1) is 7.61. The molecule has 0 atom stereocenters. The van der Waals surface area contributed by atoms with Gasteiger partial charge in [0.15, 0.2) is 0 Å². The van der Waals surface area contributed by atoms with Crippen LogP contribution in [0.2, 0.25) is 0 Å². The molecule has 0 spiro atoms. The number of methoxy groups -OCH3 is 1. The smallest absolute Gasteiger partial charge is 0.119 e. The van der Waals surface area contributed by atoms with Crippen LogP contribution in [0.4, 0.5) is 0 Å². The summed E-state index contributed by atoms with van der Waals surface area (Å²) in [5.74, 6) is 0.914. The van der Waals surface area contributed by atoms with Crippen molar-refractivity contribution in [1.82, 2.24) is 0 Å². The molecule has 10 heavy (non-hydrogen) atoms. The van der Waals surface area contributed by atoms with Crippen LogP contribution < -0.4 is 4.74 Å². The molecule has 0 aliphatic rings. The van der Waals surface area contributed by atoms with Crippen LogP contribution in [0.5, 0.6) is 5.75 Å². The fourth-order valence-corrected chi connectivity index (χ4v) is 1.10. The molecule has 1 aromatic carbocycles. The van der Waals surface area contributed by atoms with Crippen LogP contribution in [0.15, 0.2) is 24.3 Å². The highest BCUT2D eigenvalue weighted by atomic mass is 79.9. The highest BCUT2D eigenvalue weighted by Crippen LogP contribution is 2.14. The molecule has 1 nitrogen and oxygen atoms in total. The molecule has 1 aromatic rings. The van der Waals surface area contributed by atoms with Crippen molar-refractivity contribution in [2.24, 2.45) is 0 Å². The van der Waals surface area contributed by atoms with Crippen molar-refractivity contribution < 1.29 is 4.74 Å². The zero-order chi connectivity index (χ0) is 7.40. The van der Waals surface area contributed by atoms with E-state index in [9.17, 15) is 0 Å². The van der Waals surface area contributed by atoms with E-state index in [1.165, 1.54) is 5.56 Å². The van der Waals surface area contributed by atoms with Crippen molar-refractivity contribution in [2.45, 2.75) is 5.33 Å². The zero-order valence-corrected chi connectivity index (χ0v) is 7.39. The Labute approximate surface area is 69.1 Å². The second-order valence-corrected chi connectivity index (χ2v) is 2.55. The van der Waals surface area contributed by atoms with Gasteiger partial charge in [0, 0.05) is 5.33 Å². The minimum absolute atomic E-state index is 0.879. The van der Waals surface area contributed by atoms with Crippen LogP contribution in [0.3, 0.4) is 0 Å². The van der Waals surface area contributed by atoms with Gasteiger partial charge in [-0.05, 0) is 17.7 Å². The summed E-state index contributed by atoms with van der Waals surface area (Å²) in [6, 6.07) is 7.98. The molecular formula is C8H9BrO. The zero-order valence-electron chi connectivity index (χ0n) is 5.80. The molecule has 0 bridgehead atoms. The van der Waals surface area contributed by atoms with Crippen LogP contribution in [0, 0.1) is 0 Å². The van der Waals surface area contributed by atoms with Gasteiger partial charge in [-0.3, -0.25) is 0 Å². The monoisotopic (exact) mass is 201 g/mol. The number of alkyl halides is 1. The average Bonchev–Trinajstić information content (AvgIpc) is 2.05. The summed E-state index contributed by atoms with van der Waals surface area (Å²) >= 11 is 3.37. The average molecular weight is 202 g/mol. The first-order chi connectivity index (χ1) is 4.86. The van der Waals surface area contributed by atoms with Gasteiger partial charge in [-0.25, -0.2) is 0 Å². The summed E-state index contributed by atoms with van der Waals surface area (Å²) in [6.07, 6.45) is 0. The molecule has 1 rings (SSSR count). The topological polar surface area (TPSA) is 9.23 Å².